The maximum atomic E-state index is 8.56. The zero-order valence-corrected chi connectivity index (χ0v) is 11.3. The van der Waals surface area contributed by atoms with Crippen LogP contribution in [0.2, 0.25) is 0 Å². The van der Waals surface area contributed by atoms with Gasteiger partial charge in [0.1, 0.15) is 17.6 Å². The average molecular weight is 270 g/mol. The molecule has 20 heavy (non-hydrogen) atoms. The van der Waals surface area contributed by atoms with E-state index in [-0.39, 0.29) is 6.61 Å². The number of imidazole rings is 1. The predicted octanol–water partition coefficient (Wildman–Crippen LogP) is 2.03. The predicted molar refractivity (Wildman–Crippen MR) is 76.2 cm³/mol. The molecule has 2 rings (SSSR count). The van der Waals surface area contributed by atoms with Crippen LogP contribution in [0.25, 0.3) is 0 Å². The molecule has 1 heterocycles. The van der Waals surface area contributed by atoms with E-state index in [1.165, 1.54) is 0 Å². The lowest BCUT2D eigenvalue weighted by Gasteiger charge is -2.10. The molecule has 2 aromatic rings. The van der Waals surface area contributed by atoms with Gasteiger partial charge in [-0.05, 0) is 19.0 Å². The van der Waals surface area contributed by atoms with Gasteiger partial charge in [0, 0.05) is 30.9 Å². The fraction of sp³-hybridized carbons (Fsp3) is 0.333. The largest absolute Gasteiger partial charge is 0.478 e. The first-order valence-corrected chi connectivity index (χ1v) is 6.67. The summed E-state index contributed by atoms with van der Waals surface area (Å²) in [6, 6.07) is 9.76. The fourth-order valence-electron chi connectivity index (χ4n) is 1.94. The molecule has 5 nitrogen and oxygen atoms in total. The van der Waals surface area contributed by atoms with E-state index < -0.39 is 0 Å². The number of ether oxygens (including phenoxy) is 1. The number of hydrogen-bond acceptors (Lipinski definition) is 4. The number of nitrogens with one attached hydrogen (secondary N) is 2. The van der Waals surface area contributed by atoms with Crippen molar-refractivity contribution in [2.75, 3.05) is 13.2 Å². The minimum absolute atomic E-state index is 0.0789. The van der Waals surface area contributed by atoms with Gasteiger partial charge < -0.3 is 15.0 Å². The summed E-state index contributed by atoms with van der Waals surface area (Å²) in [6.07, 6.45) is 5.57. The molecule has 0 unspecified atom stereocenters. The average Bonchev–Trinajstić information content (AvgIpc) is 2.99. The Balaban J connectivity index is 1.72. The van der Waals surface area contributed by atoms with Crippen molar-refractivity contribution in [2.45, 2.75) is 19.4 Å². The maximum absolute atomic E-state index is 8.56. The minimum atomic E-state index is 0.0789. The van der Waals surface area contributed by atoms with Crippen molar-refractivity contribution in [3.8, 4) is 11.8 Å². The van der Waals surface area contributed by atoms with Crippen LogP contribution in [0.4, 0.5) is 0 Å². The SMILES string of the molecule is N#CCOc1ccccc1CNCCCc1ncc[nH]1. The summed E-state index contributed by atoms with van der Waals surface area (Å²) < 4.78 is 5.39. The molecular weight excluding hydrogens is 252 g/mol. The third-order valence-electron chi connectivity index (χ3n) is 2.90. The number of rotatable bonds is 8. The Kier molecular flexibility index (Phi) is 5.62. The molecule has 2 N–H and O–H groups in total. The lowest BCUT2D eigenvalue weighted by atomic mass is 10.2. The number of aromatic nitrogens is 2. The number of hydrogen-bond donors (Lipinski definition) is 2. The summed E-state index contributed by atoms with van der Waals surface area (Å²) >= 11 is 0. The number of para-hydroxylation sites is 1. The van der Waals surface area contributed by atoms with Gasteiger partial charge in [-0.2, -0.15) is 5.26 Å². The van der Waals surface area contributed by atoms with Crippen molar-refractivity contribution in [2.24, 2.45) is 0 Å². The van der Waals surface area contributed by atoms with Gasteiger partial charge in [0.2, 0.25) is 0 Å². The second kappa shape index (κ2) is 7.97. The molecule has 0 amide bonds. The van der Waals surface area contributed by atoms with E-state index in [1.54, 1.807) is 6.20 Å². The Morgan fingerprint density at radius 2 is 2.25 bits per heavy atom. The number of nitrogens with zero attached hydrogens (tertiary/aromatic N) is 2. The molecule has 5 heteroatoms. The Morgan fingerprint density at radius 3 is 3.05 bits per heavy atom. The standard InChI is InChI=1S/C15H18N4O/c16-7-11-20-14-5-2-1-4-13(14)12-17-8-3-6-15-18-9-10-19-15/h1-2,4-5,9-10,17H,3,6,8,11-12H2,(H,18,19). The number of aryl methyl sites for hydroxylation is 1. The van der Waals surface area contributed by atoms with Gasteiger partial charge in [-0.15, -0.1) is 0 Å². The molecule has 0 saturated carbocycles. The van der Waals surface area contributed by atoms with Crippen LogP contribution >= 0.6 is 0 Å². The third kappa shape index (κ3) is 4.41. The molecule has 0 radical (unpaired) electrons. The molecule has 104 valence electrons. The zero-order valence-electron chi connectivity index (χ0n) is 11.3. The summed E-state index contributed by atoms with van der Waals surface area (Å²) in [6.45, 7) is 1.72. The van der Waals surface area contributed by atoms with Gasteiger partial charge in [0.05, 0.1) is 0 Å². The van der Waals surface area contributed by atoms with Crippen LogP contribution < -0.4 is 10.1 Å². The molecule has 0 atom stereocenters. The zero-order chi connectivity index (χ0) is 14.0. The first kappa shape index (κ1) is 14.1. The van der Waals surface area contributed by atoms with Gasteiger partial charge in [-0.1, -0.05) is 18.2 Å². The quantitative estimate of drug-likeness (QED) is 0.720. The Morgan fingerprint density at radius 1 is 1.35 bits per heavy atom. The van der Waals surface area contributed by atoms with Gasteiger partial charge >= 0.3 is 0 Å². The fourth-order valence-corrected chi connectivity index (χ4v) is 1.94. The van der Waals surface area contributed by atoms with E-state index in [9.17, 15) is 0 Å². The second-order valence-electron chi connectivity index (χ2n) is 4.37. The van der Waals surface area contributed by atoms with Crippen LogP contribution in [0.3, 0.4) is 0 Å². The molecule has 1 aromatic carbocycles. The Hall–Kier alpha value is -2.32. The van der Waals surface area contributed by atoms with Gasteiger partial charge in [-0.25, -0.2) is 4.98 Å². The number of H-pyrrole nitrogens is 1. The highest BCUT2D eigenvalue weighted by molar-refractivity contribution is 5.33. The van der Waals surface area contributed by atoms with Crippen LogP contribution in [0.5, 0.6) is 5.75 Å². The number of benzene rings is 1. The summed E-state index contributed by atoms with van der Waals surface area (Å²) in [5.74, 6) is 1.79. The van der Waals surface area contributed by atoms with E-state index in [4.69, 9.17) is 10.00 Å². The van der Waals surface area contributed by atoms with E-state index in [1.807, 2.05) is 36.5 Å². The molecule has 0 saturated heterocycles. The molecule has 0 fully saturated rings. The van der Waals surface area contributed by atoms with Crippen molar-refractivity contribution < 1.29 is 4.74 Å². The van der Waals surface area contributed by atoms with Crippen molar-refractivity contribution in [1.82, 2.24) is 15.3 Å². The molecule has 1 aromatic heterocycles. The van der Waals surface area contributed by atoms with Crippen LogP contribution in [0.1, 0.15) is 17.8 Å². The van der Waals surface area contributed by atoms with Gasteiger partial charge in [0.15, 0.2) is 6.61 Å². The normalized spacial score (nSPS) is 10.2. The first-order chi connectivity index (χ1) is 9.90. The maximum Gasteiger partial charge on any atom is 0.174 e. The summed E-state index contributed by atoms with van der Waals surface area (Å²) in [5.41, 5.74) is 1.07. The molecule has 0 bridgehead atoms. The molecular formula is C15H18N4O. The third-order valence-corrected chi connectivity index (χ3v) is 2.90. The van der Waals surface area contributed by atoms with Gasteiger partial charge in [0.25, 0.3) is 0 Å². The molecule has 0 aliphatic rings. The first-order valence-electron chi connectivity index (χ1n) is 6.67. The van der Waals surface area contributed by atoms with Crippen molar-refractivity contribution in [3.05, 3.63) is 48.0 Å². The second-order valence-corrected chi connectivity index (χ2v) is 4.37. The summed E-state index contributed by atoms with van der Waals surface area (Å²) in [4.78, 5) is 7.27. The highest BCUT2D eigenvalue weighted by atomic mass is 16.5. The Bertz CT molecular complexity index is 545. The van der Waals surface area contributed by atoms with Crippen LogP contribution in [-0.4, -0.2) is 23.1 Å². The monoisotopic (exact) mass is 270 g/mol. The van der Waals surface area contributed by atoms with Crippen molar-refractivity contribution in [1.29, 1.82) is 5.26 Å². The van der Waals surface area contributed by atoms with E-state index >= 15 is 0 Å². The topological polar surface area (TPSA) is 73.7 Å². The van der Waals surface area contributed by atoms with E-state index in [0.717, 1.165) is 43.1 Å². The van der Waals surface area contributed by atoms with Gasteiger partial charge in [-0.3, -0.25) is 0 Å². The summed E-state index contributed by atoms with van der Waals surface area (Å²) in [7, 11) is 0. The molecule has 0 spiro atoms. The minimum Gasteiger partial charge on any atom is -0.478 e. The van der Waals surface area contributed by atoms with Crippen molar-refractivity contribution >= 4 is 0 Å². The van der Waals surface area contributed by atoms with Crippen molar-refractivity contribution in [3.63, 3.8) is 0 Å². The van der Waals surface area contributed by atoms with E-state index in [2.05, 4.69) is 15.3 Å². The highest BCUT2D eigenvalue weighted by Crippen LogP contribution is 2.17. The Labute approximate surface area is 118 Å². The lowest BCUT2D eigenvalue weighted by Crippen LogP contribution is -2.16. The lowest BCUT2D eigenvalue weighted by molar-refractivity contribution is 0.362. The van der Waals surface area contributed by atoms with Crippen LogP contribution in [-0.2, 0) is 13.0 Å². The molecule has 0 aliphatic carbocycles. The van der Waals surface area contributed by atoms with Crippen LogP contribution in [0.15, 0.2) is 36.7 Å². The molecule has 0 aliphatic heterocycles. The number of nitriles is 1. The number of aromatic amines is 1. The summed E-state index contributed by atoms with van der Waals surface area (Å²) in [5, 5.41) is 11.9. The van der Waals surface area contributed by atoms with E-state index in [0.29, 0.717) is 0 Å². The van der Waals surface area contributed by atoms with Crippen LogP contribution in [0, 0.1) is 11.3 Å². The highest BCUT2D eigenvalue weighted by Gasteiger charge is 2.02. The smallest absolute Gasteiger partial charge is 0.174 e.